The first-order valence-electron chi connectivity index (χ1n) is 5.22. The van der Waals surface area contributed by atoms with Crippen molar-refractivity contribution >= 4 is 11.9 Å². The van der Waals surface area contributed by atoms with Crippen molar-refractivity contribution in [2.45, 2.75) is 44.8 Å². The van der Waals surface area contributed by atoms with Crippen molar-refractivity contribution in [1.82, 2.24) is 5.32 Å². The van der Waals surface area contributed by atoms with Gasteiger partial charge in [0.2, 0.25) is 5.91 Å². The number of carboxylic acids is 1. The van der Waals surface area contributed by atoms with Gasteiger partial charge in [0.1, 0.15) is 0 Å². The number of amides is 1. The molecule has 15 heavy (non-hydrogen) atoms. The summed E-state index contributed by atoms with van der Waals surface area (Å²) in [5.74, 6) is -0.912. The molecular formula is C10H17NO4. The zero-order valence-corrected chi connectivity index (χ0v) is 8.86. The number of ether oxygens (including phenoxy) is 1. The lowest BCUT2D eigenvalue weighted by atomic mass is 10.1. The van der Waals surface area contributed by atoms with Crippen LogP contribution in [0.1, 0.15) is 32.6 Å². The van der Waals surface area contributed by atoms with Crippen molar-refractivity contribution in [2.75, 3.05) is 6.54 Å². The Kier molecular flexibility index (Phi) is 4.55. The van der Waals surface area contributed by atoms with E-state index in [-0.39, 0.29) is 12.0 Å². The number of rotatable bonds is 5. The van der Waals surface area contributed by atoms with Crippen molar-refractivity contribution in [1.29, 1.82) is 0 Å². The molecular weight excluding hydrogens is 198 g/mol. The SMILES string of the molecule is CC(=O)NCCCC1CCC(C(=O)O)O1. The number of nitrogens with one attached hydrogen (secondary N) is 1. The van der Waals surface area contributed by atoms with Gasteiger partial charge in [0.25, 0.3) is 0 Å². The summed E-state index contributed by atoms with van der Waals surface area (Å²) < 4.78 is 5.32. The summed E-state index contributed by atoms with van der Waals surface area (Å²) in [6, 6.07) is 0. The topological polar surface area (TPSA) is 75.6 Å². The molecule has 0 aliphatic carbocycles. The maximum Gasteiger partial charge on any atom is 0.332 e. The first-order valence-corrected chi connectivity index (χ1v) is 5.22. The van der Waals surface area contributed by atoms with Crippen LogP contribution in [-0.2, 0) is 14.3 Å². The number of aliphatic carboxylic acids is 1. The molecule has 1 rings (SSSR count). The summed E-state index contributed by atoms with van der Waals surface area (Å²) >= 11 is 0. The van der Waals surface area contributed by atoms with Crippen LogP contribution in [0, 0.1) is 0 Å². The van der Waals surface area contributed by atoms with Gasteiger partial charge in [-0.2, -0.15) is 0 Å². The fourth-order valence-electron chi connectivity index (χ4n) is 1.69. The Hall–Kier alpha value is -1.10. The summed E-state index contributed by atoms with van der Waals surface area (Å²) in [7, 11) is 0. The number of hydrogen-bond donors (Lipinski definition) is 2. The number of carbonyl (C=O) groups is 2. The van der Waals surface area contributed by atoms with E-state index in [9.17, 15) is 9.59 Å². The van der Waals surface area contributed by atoms with Gasteiger partial charge in [-0.25, -0.2) is 4.79 Å². The van der Waals surface area contributed by atoms with E-state index in [1.165, 1.54) is 6.92 Å². The highest BCUT2D eigenvalue weighted by Crippen LogP contribution is 2.22. The van der Waals surface area contributed by atoms with Gasteiger partial charge in [-0.05, 0) is 25.7 Å². The smallest absolute Gasteiger partial charge is 0.332 e. The maximum atomic E-state index is 10.6. The van der Waals surface area contributed by atoms with Gasteiger partial charge in [-0.1, -0.05) is 0 Å². The van der Waals surface area contributed by atoms with E-state index < -0.39 is 12.1 Å². The minimum atomic E-state index is -0.876. The maximum absolute atomic E-state index is 10.6. The average molecular weight is 215 g/mol. The second-order valence-electron chi connectivity index (χ2n) is 3.79. The molecule has 0 radical (unpaired) electrons. The summed E-state index contributed by atoms with van der Waals surface area (Å²) in [6.07, 6.45) is 2.45. The van der Waals surface area contributed by atoms with E-state index in [4.69, 9.17) is 9.84 Å². The fraction of sp³-hybridized carbons (Fsp3) is 0.800. The highest BCUT2D eigenvalue weighted by Gasteiger charge is 2.29. The summed E-state index contributed by atoms with van der Waals surface area (Å²) in [6.45, 7) is 2.11. The van der Waals surface area contributed by atoms with Gasteiger partial charge in [0, 0.05) is 13.5 Å². The molecule has 0 aromatic carbocycles. The van der Waals surface area contributed by atoms with Crippen LogP contribution in [0.15, 0.2) is 0 Å². The third-order valence-corrected chi connectivity index (χ3v) is 2.46. The van der Waals surface area contributed by atoms with Crippen molar-refractivity contribution in [3.8, 4) is 0 Å². The first kappa shape index (κ1) is 12.0. The van der Waals surface area contributed by atoms with Crippen LogP contribution in [0.5, 0.6) is 0 Å². The molecule has 1 amide bonds. The van der Waals surface area contributed by atoms with E-state index in [1.807, 2.05) is 0 Å². The van der Waals surface area contributed by atoms with E-state index in [0.29, 0.717) is 13.0 Å². The summed E-state index contributed by atoms with van der Waals surface area (Å²) in [5, 5.41) is 11.4. The molecule has 86 valence electrons. The van der Waals surface area contributed by atoms with Gasteiger partial charge in [-0.3, -0.25) is 4.79 Å². The largest absolute Gasteiger partial charge is 0.479 e. The van der Waals surface area contributed by atoms with Gasteiger partial charge in [-0.15, -0.1) is 0 Å². The molecule has 1 saturated heterocycles. The summed E-state index contributed by atoms with van der Waals surface area (Å²) in [5.41, 5.74) is 0. The van der Waals surface area contributed by atoms with Crippen LogP contribution in [0.3, 0.4) is 0 Å². The van der Waals surface area contributed by atoms with Gasteiger partial charge < -0.3 is 15.2 Å². The molecule has 1 aliphatic rings. The monoisotopic (exact) mass is 215 g/mol. The molecule has 1 heterocycles. The van der Waals surface area contributed by atoms with Crippen LogP contribution in [0.25, 0.3) is 0 Å². The Morgan fingerprint density at radius 3 is 2.73 bits per heavy atom. The third-order valence-electron chi connectivity index (χ3n) is 2.46. The predicted octanol–water partition coefficient (Wildman–Crippen LogP) is 0.535. The molecule has 2 N–H and O–H groups in total. The molecule has 0 spiro atoms. The van der Waals surface area contributed by atoms with Crippen LogP contribution >= 0.6 is 0 Å². The van der Waals surface area contributed by atoms with Crippen molar-refractivity contribution in [3.63, 3.8) is 0 Å². The number of carbonyl (C=O) groups excluding carboxylic acids is 1. The van der Waals surface area contributed by atoms with Gasteiger partial charge in [0.15, 0.2) is 6.10 Å². The second-order valence-corrected chi connectivity index (χ2v) is 3.79. The first-order chi connectivity index (χ1) is 7.09. The Labute approximate surface area is 88.8 Å². The third kappa shape index (κ3) is 4.29. The van der Waals surface area contributed by atoms with Crippen molar-refractivity contribution in [3.05, 3.63) is 0 Å². The number of carboxylic acid groups (broad SMARTS) is 1. The molecule has 1 aliphatic heterocycles. The fourth-order valence-corrected chi connectivity index (χ4v) is 1.69. The molecule has 0 aromatic heterocycles. The lowest BCUT2D eigenvalue weighted by Crippen LogP contribution is -2.23. The van der Waals surface area contributed by atoms with E-state index in [0.717, 1.165) is 19.3 Å². The van der Waals surface area contributed by atoms with E-state index >= 15 is 0 Å². The Morgan fingerprint density at radius 2 is 2.20 bits per heavy atom. The zero-order chi connectivity index (χ0) is 11.3. The molecule has 2 atom stereocenters. The van der Waals surface area contributed by atoms with E-state index in [1.54, 1.807) is 0 Å². The van der Waals surface area contributed by atoms with Crippen molar-refractivity contribution < 1.29 is 19.4 Å². The molecule has 0 bridgehead atoms. The highest BCUT2D eigenvalue weighted by atomic mass is 16.5. The quantitative estimate of drug-likeness (QED) is 0.656. The normalized spacial score (nSPS) is 25.1. The lowest BCUT2D eigenvalue weighted by Gasteiger charge is -2.10. The highest BCUT2D eigenvalue weighted by molar-refractivity contribution is 5.73. The lowest BCUT2D eigenvalue weighted by molar-refractivity contribution is -0.149. The Balaban J connectivity index is 2.09. The van der Waals surface area contributed by atoms with Crippen molar-refractivity contribution in [2.24, 2.45) is 0 Å². The molecule has 5 nitrogen and oxygen atoms in total. The number of hydrogen-bond acceptors (Lipinski definition) is 3. The molecule has 2 unspecified atom stereocenters. The molecule has 0 saturated carbocycles. The zero-order valence-electron chi connectivity index (χ0n) is 8.86. The predicted molar refractivity (Wildman–Crippen MR) is 53.4 cm³/mol. The molecule has 1 fully saturated rings. The van der Waals surface area contributed by atoms with Crippen LogP contribution < -0.4 is 5.32 Å². The van der Waals surface area contributed by atoms with Crippen LogP contribution in [0.4, 0.5) is 0 Å². The Morgan fingerprint density at radius 1 is 1.47 bits per heavy atom. The Bertz CT molecular complexity index is 242. The van der Waals surface area contributed by atoms with Crippen LogP contribution in [0.2, 0.25) is 0 Å². The average Bonchev–Trinajstić information content (AvgIpc) is 2.60. The van der Waals surface area contributed by atoms with Crippen LogP contribution in [-0.4, -0.2) is 35.7 Å². The standard InChI is InChI=1S/C10H17NO4/c1-7(12)11-6-2-3-8-4-5-9(15-8)10(13)14/h8-9H,2-6H2,1H3,(H,11,12)(H,13,14). The minimum absolute atomic E-state index is 0.0363. The van der Waals surface area contributed by atoms with Gasteiger partial charge >= 0.3 is 5.97 Å². The van der Waals surface area contributed by atoms with Gasteiger partial charge in [0.05, 0.1) is 6.10 Å². The second kappa shape index (κ2) is 5.70. The molecule has 0 aromatic rings. The summed E-state index contributed by atoms with van der Waals surface area (Å²) in [4.78, 5) is 21.1. The molecule has 5 heteroatoms. The minimum Gasteiger partial charge on any atom is -0.479 e. The van der Waals surface area contributed by atoms with E-state index in [2.05, 4.69) is 5.32 Å².